The molecule has 26 unspecified atom stereocenters. The van der Waals surface area contributed by atoms with Crippen molar-refractivity contribution in [2.24, 2.45) is 110 Å². The Balaban J connectivity index is 0.837. The van der Waals surface area contributed by atoms with E-state index in [1.165, 1.54) is 11.1 Å². The number of aryl methyl sites for hydroxylation is 1. The minimum absolute atomic E-state index is 0.0224. The molecule has 7 aliphatic heterocycles. The Morgan fingerprint density at radius 2 is 1.80 bits per heavy atom. The van der Waals surface area contributed by atoms with E-state index in [1.54, 1.807) is 0 Å². The highest BCUT2D eigenvalue weighted by Gasteiger charge is 3.02. The van der Waals surface area contributed by atoms with Crippen molar-refractivity contribution >= 4 is 17.7 Å². The van der Waals surface area contributed by atoms with Crippen LogP contribution in [0.4, 0.5) is 0 Å². The van der Waals surface area contributed by atoms with Gasteiger partial charge in [0.2, 0.25) is 0 Å². The number of furan rings is 1. The average Bonchev–Trinajstić information content (AvgIpc) is 1.43. The smallest absolute Gasteiger partial charge is 0.339 e. The number of benzene rings is 1. The third kappa shape index (κ3) is 5.70. The van der Waals surface area contributed by atoms with Gasteiger partial charge < -0.3 is 43.6 Å². The quantitative estimate of drug-likeness (QED) is 0.0853. The van der Waals surface area contributed by atoms with E-state index < -0.39 is 97.4 Å². The second-order valence-electron chi connectivity index (χ2n) is 32.7. The van der Waals surface area contributed by atoms with Crippen molar-refractivity contribution in [2.45, 2.75) is 189 Å². The van der Waals surface area contributed by atoms with Crippen LogP contribution in [0.25, 0.3) is 0 Å². The number of esters is 2. The minimum atomic E-state index is -1.56. The molecule has 10 bridgehead atoms. The first-order valence-corrected chi connectivity index (χ1v) is 34.8. The second-order valence-corrected chi connectivity index (χ2v) is 32.7. The lowest BCUT2D eigenvalue weighted by Crippen LogP contribution is -2.85. The molecular formula is C74H86N2O11. The molecule has 1 aromatic carbocycles. The second kappa shape index (κ2) is 17.3. The molecule has 87 heavy (non-hydrogen) atoms. The van der Waals surface area contributed by atoms with Crippen LogP contribution in [-0.4, -0.2) is 106 Å². The summed E-state index contributed by atoms with van der Waals surface area (Å²) in [5, 5.41) is 42.0. The number of Topliss-reactive ketones (excluding diaryl/α,β-unsaturated/α-hetero) is 1. The van der Waals surface area contributed by atoms with Gasteiger partial charge in [-0.3, -0.25) is 14.9 Å². The van der Waals surface area contributed by atoms with Crippen LogP contribution < -0.4 is 5.32 Å². The number of ketones is 1. The van der Waals surface area contributed by atoms with Crippen molar-refractivity contribution in [3.63, 3.8) is 0 Å². The molecule has 11 aliphatic carbocycles. The van der Waals surface area contributed by atoms with Crippen molar-refractivity contribution in [3.05, 3.63) is 95.1 Å². The van der Waals surface area contributed by atoms with Gasteiger partial charge in [0.25, 0.3) is 0 Å². The van der Waals surface area contributed by atoms with E-state index >= 15 is 19.5 Å². The van der Waals surface area contributed by atoms with Crippen LogP contribution in [0.5, 0.6) is 0 Å². The van der Waals surface area contributed by atoms with Gasteiger partial charge in [0.05, 0.1) is 48.5 Å². The van der Waals surface area contributed by atoms with Crippen LogP contribution in [0.1, 0.15) is 145 Å². The van der Waals surface area contributed by atoms with E-state index in [0.29, 0.717) is 68.6 Å². The van der Waals surface area contributed by atoms with E-state index in [1.807, 2.05) is 6.26 Å². The first-order chi connectivity index (χ1) is 42.3. The zero-order chi connectivity index (χ0) is 58.2. The number of allylic oxidation sites excluding steroid dienone is 2. The summed E-state index contributed by atoms with van der Waals surface area (Å²) in [4.78, 5) is 53.0. The molecule has 13 nitrogen and oxygen atoms in total. The van der Waals surface area contributed by atoms with Gasteiger partial charge >= 0.3 is 11.9 Å². The van der Waals surface area contributed by atoms with Crippen molar-refractivity contribution < 1.29 is 53.1 Å². The van der Waals surface area contributed by atoms with Gasteiger partial charge in [0.15, 0.2) is 17.5 Å². The topological polar surface area (TPSA) is 181 Å². The molecule has 5 saturated heterocycles. The monoisotopic (exact) mass is 1180 g/mol. The molecule has 13 heteroatoms. The molecule has 13 fully saturated rings. The van der Waals surface area contributed by atoms with Crippen LogP contribution >= 0.6 is 0 Å². The predicted octanol–water partition coefficient (Wildman–Crippen LogP) is 8.85. The van der Waals surface area contributed by atoms with Gasteiger partial charge in [-0.15, -0.1) is 0 Å². The van der Waals surface area contributed by atoms with Crippen LogP contribution in [0.15, 0.2) is 77.1 Å². The number of aliphatic hydroxyl groups excluding tert-OH is 3. The van der Waals surface area contributed by atoms with Crippen molar-refractivity contribution in [1.82, 2.24) is 10.2 Å². The van der Waals surface area contributed by atoms with Crippen LogP contribution in [0.2, 0.25) is 0 Å². The van der Waals surface area contributed by atoms with Gasteiger partial charge in [-0.1, -0.05) is 92.7 Å². The Hall–Kier alpha value is -4.55. The fourth-order valence-electron chi connectivity index (χ4n) is 28.3. The number of hydrogen-bond acceptors (Lipinski definition) is 13. The number of nitrogens with zero attached hydrogens (tertiary/aromatic N) is 1. The van der Waals surface area contributed by atoms with Gasteiger partial charge in [-0.25, -0.2) is 4.79 Å². The largest absolute Gasteiger partial charge is 0.469 e. The number of epoxide rings is 1. The maximum Gasteiger partial charge on any atom is 0.339 e. The van der Waals surface area contributed by atoms with Crippen LogP contribution in [-0.2, 0) is 58.2 Å². The van der Waals surface area contributed by atoms with Crippen molar-refractivity contribution in [2.75, 3.05) is 26.4 Å². The number of cyclic esters (lactones) is 1. The highest BCUT2D eigenvalue weighted by Crippen LogP contribution is 2.94. The number of carbonyl (C=O) groups excluding carboxylic acids is 3. The zero-order valence-corrected chi connectivity index (χ0v) is 50.5. The summed E-state index contributed by atoms with van der Waals surface area (Å²) >= 11 is 0. The Bertz CT molecular complexity index is 3520. The molecule has 7 spiro atoms. The highest BCUT2D eigenvalue weighted by atomic mass is 16.7. The Labute approximate surface area is 510 Å². The fourth-order valence-corrected chi connectivity index (χ4v) is 28.3. The van der Waals surface area contributed by atoms with Crippen LogP contribution in [0, 0.1) is 122 Å². The number of carbonyl (C=O) groups is 3. The normalized spacial score (nSPS) is 52.9. The first kappa shape index (κ1) is 53.1. The summed E-state index contributed by atoms with van der Waals surface area (Å²) in [6.45, 7) is 3.82. The Morgan fingerprint density at radius 1 is 0.931 bits per heavy atom. The number of rotatable bonds is 8. The molecule has 0 radical (unpaired) electrons. The Morgan fingerprint density at radius 3 is 2.67 bits per heavy atom. The molecular weight excluding hydrogens is 1090 g/mol. The van der Waals surface area contributed by atoms with E-state index in [2.05, 4.69) is 89.8 Å². The van der Waals surface area contributed by atoms with Gasteiger partial charge in [-0.05, 0) is 203 Å². The molecule has 0 amide bonds. The maximum atomic E-state index is 17.8. The number of hydrogen-bond donors (Lipinski definition) is 4. The molecule has 26 atom stereocenters. The molecule has 1 aromatic heterocycles. The molecule has 18 aliphatic rings. The SMILES string of the molecule is CC12CC3CC45CC6C=CC47C(=O)OCC48C(C(=O)C(O)C9(C%10CC(Cc%11ccccc%11)CCC%10C#CC%10CCc%11coc(CC(C(O)CO)C%12CCC%13C(C=CN%14CNCC%13%14)C%12)c%11C%101OC(=O)C1OC192)C34)C1(C2CCCCC2)CC=C(CC5C6)C87O1. The lowest BCUT2D eigenvalue weighted by molar-refractivity contribution is -0.324. The molecule has 20 rings (SSSR count). The number of nitrogens with one attached hydrogen (secondary N) is 1. The lowest BCUT2D eigenvalue weighted by Gasteiger charge is -2.75. The molecule has 458 valence electrons. The first-order valence-electron chi connectivity index (χ1n) is 34.8. The number of fused-ring (bicyclic) bond motifs is 8. The average molecular weight is 1180 g/mol. The van der Waals surface area contributed by atoms with Gasteiger partial charge in [0, 0.05) is 41.3 Å². The van der Waals surface area contributed by atoms with Gasteiger partial charge in [0.1, 0.15) is 35.1 Å². The molecule has 8 heterocycles. The predicted molar refractivity (Wildman–Crippen MR) is 316 cm³/mol. The summed E-state index contributed by atoms with van der Waals surface area (Å²) < 4.78 is 38.5. The molecule has 4 N–H and O–H groups in total. The standard InChI is InChI=1S/C74H86N2O11/c1-66-33-47-34-67-32-42-20-24-70(67)65(82)84-38-68-60(47)71(62(80)59(79)61(68)69(48-10-6-3-7-11-48)23-21-50(30-51(67)27-42)73(68,70)87-69)54-28-41(26-40-8-4-2-5-9-40)12-13-43(54)14-17-49-18-15-46-37-83-57(58(46)72(49,66)86-64(81)63-74(66,71)85-63)31-53(56(78)36-77)44-16-19-52-45(29-44)22-25-76-39-75-35-55(52)76/h2,4-5,8-9,20-22,24-25,37,41-45,47-49,51-56,60-63,75,77-78,80H,3,6-7,10-13,15-16,18-19,23,26-36,38-39H2,1H3. The lowest BCUT2D eigenvalue weighted by atomic mass is 9.27. The summed E-state index contributed by atoms with van der Waals surface area (Å²) in [5.41, 5.74) is -6.29. The fraction of sp³-hybridized carbons (Fsp3) is 0.716. The number of aliphatic hydroxyl groups is 3. The zero-order valence-electron chi connectivity index (χ0n) is 50.5. The number of ether oxygens (including phenoxy) is 4. The highest BCUT2D eigenvalue weighted by molar-refractivity contribution is 5.96. The third-order valence-electron chi connectivity index (χ3n) is 30.5. The molecule has 8 saturated carbocycles. The summed E-state index contributed by atoms with van der Waals surface area (Å²) in [6.07, 6.45) is 27.2. The summed E-state index contributed by atoms with van der Waals surface area (Å²) in [5.74, 6) is 6.64. The maximum absolute atomic E-state index is 17.8. The van der Waals surface area contributed by atoms with Crippen molar-refractivity contribution in [3.8, 4) is 11.8 Å². The Kier molecular flexibility index (Phi) is 10.6. The van der Waals surface area contributed by atoms with Crippen molar-refractivity contribution in [1.29, 1.82) is 0 Å². The minimum Gasteiger partial charge on any atom is -0.469 e. The van der Waals surface area contributed by atoms with Crippen LogP contribution in [0.3, 0.4) is 0 Å². The van der Waals surface area contributed by atoms with E-state index in [9.17, 15) is 10.2 Å². The summed E-state index contributed by atoms with van der Waals surface area (Å²) in [7, 11) is 0. The van der Waals surface area contributed by atoms with Gasteiger partial charge in [-0.2, -0.15) is 0 Å². The van der Waals surface area contributed by atoms with E-state index in [4.69, 9.17) is 23.4 Å². The molecule has 2 aromatic rings. The van der Waals surface area contributed by atoms with E-state index in [-0.39, 0.29) is 72.3 Å². The van der Waals surface area contributed by atoms with E-state index in [0.717, 1.165) is 114 Å². The third-order valence-corrected chi connectivity index (χ3v) is 30.5. The summed E-state index contributed by atoms with van der Waals surface area (Å²) in [6, 6.07) is 11.2.